The minimum Gasteiger partial charge on any atom is -0.393 e. The number of aliphatic hydroxyl groups is 1. The lowest BCUT2D eigenvalue weighted by Crippen LogP contribution is -2.16. The first kappa shape index (κ1) is 10.1. The summed E-state index contributed by atoms with van der Waals surface area (Å²) in [5, 5.41) is 14.4. The van der Waals surface area contributed by atoms with Gasteiger partial charge in [-0.1, -0.05) is 0 Å². The van der Waals surface area contributed by atoms with Crippen molar-refractivity contribution in [2.75, 3.05) is 0 Å². The molecule has 0 saturated carbocycles. The van der Waals surface area contributed by atoms with Crippen molar-refractivity contribution in [2.24, 2.45) is 5.14 Å². The zero-order chi connectivity index (χ0) is 10.3. The van der Waals surface area contributed by atoms with Gasteiger partial charge in [0, 0.05) is 4.88 Å². The quantitative estimate of drug-likeness (QED) is 0.729. The average Bonchev–Trinajstić information content (AvgIpc) is 2.45. The Bertz CT molecular complexity index is 449. The lowest BCUT2D eigenvalue weighted by molar-refractivity contribution is 0.159. The highest BCUT2D eigenvalue weighted by molar-refractivity contribution is 7.91. The molecule has 1 aromatic rings. The van der Waals surface area contributed by atoms with Crippen LogP contribution >= 0.6 is 11.3 Å². The predicted molar refractivity (Wildman–Crippen MR) is 53.7 cm³/mol. The molecule has 1 aromatic heterocycles. The second-order valence-electron chi connectivity index (χ2n) is 3.46. The number of hydrogen-bond donors (Lipinski definition) is 2. The Hall–Kier alpha value is -0.430. The molecular weight excluding hydrogens is 222 g/mol. The summed E-state index contributed by atoms with van der Waals surface area (Å²) >= 11 is 1.22. The second-order valence-corrected chi connectivity index (χ2v) is 6.38. The van der Waals surface area contributed by atoms with Gasteiger partial charge in [-0.2, -0.15) is 0 Å². The molecular formula is C8H11NO3S2. The zero-order valence-electron chi connectivity index (χ0n) is 7.43. The number of hydrogen-bond acceptors (Lipinski definition) is 4. The van der Waals surface area contributed by atoms with Crippen molar-refractivity contribution in [1.29, 1.82) is 0 Å². The number of thiophene rings is 1. The van der Waals surface area contributed by atoms with E-state index in [1.165, 1.54) is 11.3 Å². The lowest BCUT2D eigenvalue weighted by atomic mass is 9.97. The average molecular weight is 233 g/mol. The summed E-state index contributed by atoms with van der Waals surface area (Å²) in [6, 6.07) is 1.58. The summed E-state index contributed by atoms with van der Waals surface area (Å²) in [6.45, 7) is 0. The fourth-order valence-corrected chi connectivity index (χ4v) is 3.63. The molecule has 0 fully saturated rings. The first-order valence-electron chi connectivity index (χ1n) is 4.29. The molecule has 0 saturated heterocycles. The van der Waals surface area contributed by atoms with E-state index in [-0.39, 0.29) is 10.3 Å². The molecule has 1 aliphatic carbocycles. The molecule has 1 aliphatic rings. The van der Waals surface area contributed by atoms with Crippen LogP contribution in [0.2, 0.25) is 0 Å². The van der Waals surface area contributed by atoms with Gasteiger partial charge in [-0.25, -0.2) is 13.6 Å². The van der Waals surface area contributed by atoms with E-state index in [1.54, 1.807) is 6.07 Å². The SMILES string of the molecule is NS(=O)(=O)c1cc2c(s1)CCC(O)C2. The molecule has 2 rings (SSSR count). The van der Waals surface area contributed by atoms with E-state index in [1.807, 2.05) is 0 Å². The van der Waals surface area contributed by atoms with E-state index in [0.29, 0.717) is 12.8 Å². The van der Waals surface area contributed by atoms with Crippen molar-refractivity contribution < 1.29 is 13.5 Å². The van der Waals surface area contributed by atoms with E-state index < -0.39 is 10.0 Å². The molecule has 0 radical (unpaired) electrons. The Morgan fingerprint density at radius 1 is 1.57 bits per heavy atom. The van der Waals surface area contributed by atoms with Crippen molar-refractivity contribution in [3.8, 4) is 0 Å². The fourth-order valence-electron chi connectivity index (χ4n) is 1.62. The standard InChI is InChI=1S/C8H11NO3S2/c9-14(11,12)8-4-5-3-6(10)1-2-7(5)13-8/h4,6,10H,1-3H2,(H2,9,11,12). The molecule has 0 amide bonds. The van der Waals surface area contributed by atoms with Gasteiger partial charge in [-0.3, -0.25) is 0 Å². The van der Waals surface area contributed by atoms with Crippen molar-refractivity contribution in [1.82, 2.24) is 0 Å². The molecule has 1 heterocycles. The number of nitrogens with two attached hydrogens (primary N) is 1. The maximum atomic E-state index is 11.1. The third kappa shape index (κ3) is 1.83. The van der Waals surface area contributed by atoms with Gasteiger partial charge in [0.05, 0.1) is 6.10 Å². The Labute approximate surface area is 86.4 Å². The monoisotopic (exact) mass is 233 g/mol. The smallest absolute Gasteiger partial charge is 0.247 e. The fraction of sp³-hybridized carbons (Fsp3) is 0.500. The van der Waals surface area contributed by atoms with E-state index in [4.69, 9.17) is 5.14 Å². The van der Waals surface area contributed by atoms with Crippen LogP contribution in [0.5, 0.6) is 0 Å². The molecule has 14 heavy (non-hydrogen) atoms. The molecule has 78 valence electrons. The van der Waals surface area contributed by atoms with Crippen molar-refractivity contribution in [2.45, 2.75) is 29.6 Å². The topological polar surface area (TPSA) is 80.4 Å². The van der Waals surface area contributed by atoms with Crippen LogP contribution in [-0.2, 0) is 22.9 Å². The van der Waals surface area contributed by atoms with Gasteiger partial charge in [0.1, 0.15) is 4.21 Å². The highest BCUT2D eigenvalue weighted by Gasteiger charge is 2.22. The van der Waals surface area contributed by atoms with Crippen molar-refractivity contribution in [3.63, 3.8) is 0 Å². The molecule has 1 atom stereocenters. The largest absolute Gasteiger partial charge is 0.393 e. The van der Waals surface area contributed by atoms with Crippen LogP contribution in [0, 0.1) is 0 Å². The highest BCUT2D eigenvalue weighted by Crippen LogP contribution is 2.31. The first-order valence-corrected chi connectivity index (χ1v) is 6.65. The third-order valence-corrected chi connectivity index (χ3v) is 4.97. The van der Waals surface area contributed by atoms with Gasteiger partial charge in [0.25, 0.3) is 0 Å². The Morgan fingerprint density at radius 3 is 2.93 bits per heavy atom. The molecule has 3 N–H and O–H groups in total. The lowest BCUT2D eigenvalue weighted by Gasteiger charge is -2.15. The summed E-state index contributed by atoms with van der Waals surface area (Å²) in [5.41, 5.74) is 0.928. The maximum absolute atomic E-state index is 11.1. The van der Waals surface area contributed by atoms with Gasteiger partial charge >= 0.3 is 0 Å². The summed E-state index contributed by atoms with van der Waals surface area (Å²) < 4.78 is 22.3. The van der Waals surface area contributed by atoms with Crippen LogP contribution in [0.3, 0.4) is 0 Å². The Kier molecular flexibility index (Phi) is 2.38. The van der Waals surface area contributed by atoms with Gasteiger partial charge in [0.2, 0.25) is 10.0 Å². The third-order valence-electron chi connectivity index (χ3n) is 2.31. The highest BCUT2D eigenvalue weighted by atomic mass is 32.2. The van der Waals surface area contributed by atoms with Crippen LogP contribution in [0.1, 0.15) is 16.9 Å². The van der Waals surface area contributed by atoms with Gasteiger partial charge in [-0.05, 0) is 30.9 Å². The number of rotatable bonds is 1. The molecule has 0 aliphatic heterocycles. The number of sulfonamides is 1. The van der Waals surface area contributed by atoms with E-state index in [2.05, 4.69) is 0 Å². The Morgan fingerprint density at radius 2 is 2.29 bits per heavy atom. The summed E-state index contributed by atoms with van der Waals surface area (Å²) in [4.78, 5) is 1.04. The van der Waals surface area contributed by atoms with Gasteiger partial charge in [0.15, 0.2) is 0 Å². The second kappa shape index (κ2) is 3.30. The predicted octanol–water partition coefficient (Wildman–Crippen LogP) is 0.245. The normalized spacial score (nSPS) is 22.0. The van der Waals surface area contributed by atoms with Crippen LogP contribution in [0.15, 0.2) is 10.3 Å². The molecule has 0 aromatic carbocycles. The van der Waals surface area contributed by atoms with Gasteiger partial charge < -0.3 is 5.11 Å². The molecule has 0 bridgehead atoms. The summed E-state index contributed by atoms with van der Waals surface area (Å²) in [7, 11) is -3.58. The van der Waals surface area contributed by atoms with Crippen LogP contribution in [0.25, 0.3) is 0 Å². The minimum absolute atomic E-state index is 0.205. The number of primary sulfonamides is 1. The Balaban J connectivity index is 2.42. The minimum atomic E-state index is -3.58. The van der Waals surface area contributed by atoms with E-state index in [9.17, 15) is 13.5 Å². The first-order chi connectivity index (χ1) is 6.47. The maximum Gasteiger partial charge on any atom is 0.247 e. The molecule has 6 heteroatoms. The number of aliphatic hydroxyl groups excluding tert-OH is 1. The van der Waals surface area contributed by atoms with Gasteiger partial charge in [-0.15, -0.1) is 11.3 Å². The number of fused-ring (bicyclic) bond motifs is 1. The van der Waals surface area contributed by atoms with E-state index in [0.717, 1.165) is 16.9 Å². The van der Waals surface area contributed by atoms with Crippen LogP contribution < -0.4 is 5.14 Å². The molecule has 1 unspecified atom stereocenters. The van der Waals surface area contributed by atoms with Crippen LogP contribution in [-0.4, -0.2) is 19.6 Å². The van der Waals surface area contributed by atoms with Crippen LogP contribution in [0.4, 0.5) is 0 Å². The van der Waals surface area contributed by atoms with Crippen molar-refractivity contribution in [3.05, 3.63) is 16.5 Å². The van der Waals surface area contributed by atoms with Crippen molar-refractivity contribution >= 4 is 21.4 Å². The zero-order valence-corrected chi connectivity index (χ0v) is 9.07. The number of aryl methyl sites for hydroxylation is 1. The summed E-state index contributed by atoms with van der Waals surface area (Å²) in [6.07, 6.45) is 1.65. The molecule has 0 spiro atoms. The summed E-state index contributed by atoms with van der Waals surface area (Å²) in [5.74, 6) is 0. The molecule has 4 nitrogen and oxygen atoms in total. The van der Waals surface area contributed by atoms with E-state index >= 15 is 0 Å².